The molecule has 3 rings (SSSR count). The molecule has 1 aliphatic rings. The SMILES string of the molecule is COCC1CN(C(=O)COc2ccc(C)cc2)Cc2ncn(C)c21. The van der Waals surface area contributed by atoms with Crippen LogP contribution in [0.1, 0.15) is 22.9 Å². The van der Waals surface area contributed by atoms with Crippen LogP contribution in [-0.4, -0.2) is 47.2 Å². The highest BCUT2D eigenvalue weighted by molar-refractivity contribution is 5.78. The Kier molecular flexibility index (Phi) is 4.85. The van der Waals surface area contributed by atoms with Crippen LogP contribution < -0.4 is 4.74 Å². The Labute approximate surface area is 142 Å². The van der Waals surface area contributed by atoms with E-state index in [1.54, 1.807) is 18.3 Å². The molecular formula is C18H23N3O3. The molecule has 0 aliphatic carbocycles. The monoisotopic (exact) mass is 329 g/mol. The van der Waals surface area contributed by atoms with Gasteiger partial charge in [-0.25, -0.2) is 4.98 Å². The Morgan fingerprint density at radius 2 is 2.08 bits per heavy atom. The summed E-state index contributed by atoms with van der Waals surface area (Å²) in [5, 5.41) is 0. The van der Waals surface area contributed by atoms with Crippen molar-refractivity contribution in [1.82, 2.24) is 14.5 Å². The lowest BCUT2D eigenvalue weighted by Crippen LogP contribution is -2.42. The van der Waals surface area contributed by atoms with Gasteiger partial charge in [-0.3, -0.25) is 4.79 Å². The number of nitrogens with zero attached hydrogens (tertiary/aromatic N) is 3. The molecule has 1 unspecified atom stereocenters. The third kappa shape index (κ3) is 3.43. The number of aryl methyl sites for hydroxylation is 2. The van der Waals surface area contributed by atoms with E-state index in [0.29, 0.717) is 25.4 Å². The van der Waals surface area contributed by atoms with Gasteiger partial charge in [0.25, 0.3) is 5.91 Å². The number of hydrogen-bond donors (Lipinski definition) is 0. The number of rotatable bonds is 5. The predicted molar refractivity (Wildman–Crippen MR) is 89.9 cm³/mol. The van der Waals surface area contributed by atoms with E-state index in [-0.39, 0.29) is 18.4 Å². The van der Waals surface area contributed by atoms with E-state index < -0.39 is 0 Å². The maximum Gasteiger partial charge on any atom is 0.260 e. The number of hydrogen-bond acceptors (Lipinski definition) is 4. The van der Waals surface area contributed by atoms with Crippen LogP contribution >= 0.6 is 0 Å². The van der Waals surface area contributed by atoms with Crippen LogP contribution in [-0.2, 0) is 23.1 Å². The van der Waals surface area contributed by atoms with Crippen molar-refractivity contribution >= 4 is 5.91 Å². The van der Waals surface area contributed by atoms with Gasteiger partial charge >= 0.3 is 0 Å². The molecule has 6 heteroatoms. The summed E-state index contributed by atoms with van der Waals surface area (Å²) in [5.74, 6) is 0.806. The van der Waals surface area contributed by atoms with E-state index in [4.69, 9.17) is 9.47 Å². The largest absolute Gasteiger partial charge is 0.484 e. The normalized spacial score (nSPS) is 16.8. The summed E-state index contributed by atoms with van der Waals surface area (Å²) in [6.07, 6.45) is 1.80. The zero-order chi connectivity index (χ0) is 17.1. The molecule has 0 N–H and O–H groups in total. The molecular weight excluding hydrogens is 306 g/mol. The molecule has 2 heterocycles. The second kappa shape index (κ2) is 7.05. The Bertz CT molecular complexity index is 709. The first-order valence-corrected chi connectivity index (χ1v) is 8.04. The molecule has 0 spiro atoms. The first-order chi connectivity index (χ1) is 11.6. The molecule has 1 aliphatic heterocycles. The average molecular weight is 329 g/mol. The molecule has 0 saturated carbocycles. The summed E-state index contributed by atoms with van der Waals surface area (Å²) < 4.78 is 13.0. The third-order valence-electron chi connectivity index (χ3n) is 4.33. The minimum absolute atomic E-state index is 0.0327. The molecule has 128 valence electrons. The van der Waals surface area contributed by atoms with E-state index in [1.165, 1.54) is 0 Å². The Hall–Kier alpha value is -2.34. The van der Waals surface area contributed by atoms with Gasteiger partial charge in [-0.1, -0.05) is 17.7 Å². The number of amides is 1. The molecule has 24 heavy (non-hydrogen) atoms. The second-order valence-electron chi connectivity index (χ2n) is 6.22. The fraction of sp³-hybridized carbons (Fsp3) is 0.444. The molecule has 1 aromatic heterocycles. The Balaban J connectivity index is 1.66. The lowest BCUT2D eigenvalue weighted by Gasteiger charge is -2.32. The van der Waals surface area contributed by atoms with Crippen LogP contribution in [0.25, 0.3) is 0 Å². The standard InChI is InChI=1S/C18H23N3O3/c1-13-4-6-15(7-5-13)24-11-17(22)21-8-14(10-23-3)18-16(9-21)19-12-20(18)2/h4-7,12,14H,8-11H2,1-3H3. The van der Waals surface area contributed by atoms with Crippen LogP contribution in [0, 0.1) is 6.92 Å². The number of carbonyl (C=O) groups is 1. The van der Waals surface area contributed by atoms with Gasteiger partial charge in [0.2, 0.25) is 0 Å². The second-order valence-corrected chi connectivity index (χ2v) is 6.22. The summed E-state index contributed by atoms with van der Waals surface area (Å²) in [4.78, 5) is 18.8. The van der Waals surface area contributed by atoms with Crippen LogP contribution in [0.3, 0.4) is 0 Å². The predicted octanol–water partition coefficient (Wildman–Crippen LogP) is 1.88. The number of aromatic nitrogens is 2. The van der Waals surface area contributed by atoms with Crippen molar-refractivity contribution in [3.63, 3.8) is 0 Å². The average Bonchev–Trinajstić information content (AvgIpc) is 2.96. The number of methoxy groups -OCH3 is 1. The summed E-state index contributed by atoms with van der Waals surface area (Å²) in [6, 6.07) is 7.69. The van der Waals surface area contributed by atoms with Crippen molar-refractivity contribution in [2.45, 2.75) is 19.4 Å². The van der Waals surface area contributed by atoms with Crippen molar-refractivity contribution in [2.75, 3.05) is 26.9 Å². The maximum atomic E-state index is 12.5. The van der Waals surface area contributed by atoms with Gasteiger partial charge in [0.05, 0.1) is 25.2 Å². The molecule has 0 saturated heterocycles. The van der Waals surface area contributed by atoms with Gasteiger partial charge in [-0.2, -0.15) is 0 Å². The van der Waals surface area contributed by atoms with Crippen molar-refractivity contribution in [1.29, 1.82) is 0 Å². The van der Waals surface area contributed by atoms with Crippen molar-refractivity contribution in [2.24, 2.45) is 7.05 Å². The molecule has 1 atom stereocenters. The van der Waals surface area contributed by atoms with Crippen molar-refractivity contribution in [3.8, 4) is 5.75 Å². The number of carbonyl (C=O) groups excluding carboxylic acids is 1. The van der Waals surface area contributed by atoms with Gasteiger partial charge in [0.1, 0.15) is 5.75 Å². The maximum absolute atomic E-state index is 12.5. The lowest BCUT2D eigenvalue weighted by atomic mass is 9.99. The molecule has 1 aromatic carbocycles. The smallest absolute Gasteiger partial charge is 0.260 e. The molecule has 2 aromatic rings. The number of ether oxygens (including phenoxy) is 2. The molecule has 6 nitrogen and oxygen atoms in total. The lowest BCUT2D eigenvalue weighted by molar-refractivity contribution is -0.135. The molecule has 1 amide bonds. The highest BCUT2D eigenvalue weighted by atomic mass is 16.5. The number of imidazole rings is 1. The minimum Gasteiger partial charge on any atom is -0.484 e. The Morgan fingerprint density at radius 1 is 1.33 bits per heavy atom. The fourth-order valence-electron chi connectivity index (χ4n) is 3.13. The van der Waals surface area contributed by atoms with Crippen molar-refractivity contribution in [3.05, 3.63) is 47.5 Å². The zero-order valence-electron chi connectivity index (χ0n) is 14.4. The van der Waals surface area contributed by atoms with Crippen molar-refractivity contribution < 1.29 is 14.3 Å². The number of benzene rings is 1. The Morgan fingerprint density at radius 3 is 2.79 bits per heavy atom. The fourth-order valence-corrected chi connectivity index (χ4v) is 3.13. The van der Waals surface area contributed by atoms with E-state index in [9.17, 15) is 4.79 Å². The van der Waals surface area contributed by atoms with E-state index in [0.717, 1.165) is 17.0 Å². The van der Waals surface area contributed by atoms with E-state index >= 15 is 0 Å². The summed E-state index contributed by atoms with van der Waals surface area (Å²) in [5.41, 5.74) is 3.25. The molecule has 0 bridgehead atoms. The van der Waals surface area contributed by atoms with Gasteiger partial charge in [-0.15, -0.1) is 0 Å². The van der Waals surface area contributed by atoms with Crippen LogP contribution in [0.15, 0.2) is 30.6 Å². The quantitative estimate of drug-likeness (QED) is 0.840. The third-order valence-corrected chi connectivity index (χ3v) is 4.33. The highest BCUT2D eigenvalue weighted by Gasteiger charge is 2.31. The van der Waals surface area contributed by atoms with E-state index in [2.05, 4.69) is 4.98 Å². The van der Waals surface area contributed by atoms with E-state index in [1.807, 2.05) is 42.8 Å². The van der Waals surface area contributed by atoms with Gasteiger partial charge in [0.15, 0.2) is 6.61 Å². The topological polar surface area (TPSA) is 56.6 Å². The van der Waals surface area contributed by atoms with Gasteiger partial charge in [0, 0.05) is 32.3 Å². The minimum atomic E-state index is -0.0343. The van der Waals surface area contributed by atoms with Crippen LogP contribution in [0.2, 0.25) is 0 Å². The summed E-state index contributed by atoms with van der Waals surface area (Å²) in [7, 11) is 3.66. The summed E-state index contributed by atoms with van der Waals surface area (Å²) in [6.45, 7) is 3.76. The first-order valence-electron chi connectivity index (χ1n) is 8.04. The van der Waals surface area contributed by atoms with Crippen LogP contribution in [0.4, 0.5) is 0 Å². The number of fused-ring (bicyclic) bond motifs is 1. The molecule has 0 fully saturated rings. The first kappa shape index (κ1) is 16.5. The van der Waals surface area contributed by atoms with Crippen LogP contribution in [0.5, 0.6) is 5.75 Å². The van der Waals surface area contributed by atoms with Gasteiger partial charge in [-0.05, 0) is 19.1 Å². The molecule has 0 radical (unpaired) electrons. The van der Waals surface area contributed by atoms with Gasteiger partial charge < -0.3 is 18.9 Å². The summed E-state index contributed by atoms with van der Waals surface area (Å²) >= 11 is 0. The zero-order valence-corrected chi connectivity index (χ0v) is 14.4. The highest BCUT2D eigenvalue weighted by Crippen LogP contribution is 2.27.